The fraction of sp³-hybridized carbons (Fsp3) is 0.192. The Kier molecular flexibility index (Phi) is 8.90. The third kappa shape index (κ3) is 6.10. The lowest BCUT2D eigenvalue weighted by Gasteiger charge is -2.43. The van der Waals surface area contributed by atoms with Gasteiger partial charge in [-0.2, -0.15) is 26.3 Å². The van der Waals surface area contributed by atoms with Gasteiger partial charge in [-0.3, -0.25) is 0 Å². The number of anilines is 6. The van der Waals surface area contributed by atoms with Crippen LogP contribution in [0.25, 0.3) is 22.3 Å². The molecular formula is C52H42F6N2. The van der Waals surface area contributed by atoms with Gasteiger partial charge in [0.2, 0.25) is 0 Å². The molecule has 0 aliphatic carbocycles. The Morgan fingerprint density at radius 1 is 0.350 bits per heavy atom. The van der Waals surface area contributed by atoms with Gasteiger partial charge in [0.15, 0.2) is 0 Å². The van der Waals surface area contributed by atoms with Crippen LogP contribution in [-0.4, -0.2) is 0 Å². The van der Waals surface area contributed by atoms with Crippen LogP contribution >= 0.6 is 0 Å². The van der Waals surface area contributed by atoms with Crippen LogP contribution in [0.4, 0.5) is 60.5 Å². The standard InChI is InChI=1S/C52H42F6N2/c1-31-27-36(38-30-34(52(56,57)58)24-26-44(38)60-47-21-13-9-17-41(47)50(5,6)42-18-10-14-22-48(42)60)32(2)28-35(31)37-29-33(51(53,54)55)23-25-43(37)59-45-19-11-7-15-39(45)49(3,4)40-16-8-12-20-46(40)59/h7-30H,1-6H3. The molecule has 0 aromatic heterocycles. The molecule has 0 radical (unpaired) electrons. The average Bonchev–Trinajstić information content (AvgIpc) is 3.21. The van der Waals surface area contributed by atoms with E-state index in [0.717, 1.165) is 57.1 Å². The van der Waals surface area contributed by atoms with Crippen molar-refractivity contribution in [2.45, 2.75) is 64.7 Å². The summed E-state index contributed by atoms with van der Waals surface area (Å²) in [5.74, 6) is 0. The molecule has 0 amide bonds. The summed E-state index contributed by atoms with van der Waals surface area (Å²) in [5, 5.41) is 0. The number of halogens is 6. The van der Waals surface area contributed by atoms with E-state index in [1.807, 2.05) is 109 Å². The zero-order valence-corrected chi connectivity index (χ0v) is 34.0. The van der Waals surface area contributed by atoms with Crippen molar-refractivity contribution in [1.82, 2.24) is 0 Å². The maximum atomic E-state index is 14.6. The number of fused-ring (bicyclic) bond motifs is 4. The highest BCUT2D eigenvalue weighted by atomic mass is 19.4. The van der Waals surface area contributed by atoms with Gasteiger partial charge in [0.1, 0.15) is 0 Å². The van der Waals surface area contributed by atoms with Crippen LogP contribution in [0.1, 0.15) is 72.2 Å². The minimum atomic E-state index is -4.63. The zero-order valence-electron chi connectivity index (χ0n) is 34.0. The lowest BCUT2D eigenvalue weighted by Crippen LogP contribution is -2.30. The zero-order chi connectivity index (χ0) is 42.5. The molecule has 0 saturated carbocycles. The molecule has 0 saturated heterocycles. The van der Waals surface area contributed by atoms with Crippen LogP contribution in [0, 0.1) is 13.8 Å². The average molecular weight is 809 g/mol. The van der Waals surface area contributed by atoms with Crippen LogP contribution in [0.3, 0.4) is 0 Å². The predicted molar refractivity (Wildman–Crippen MR) is 230 cm³/mol. The Balaban J connectivity index is 1.28. The van der Waals surface area contributed by atoms with Gasteiger partial charge >= 0.3 is 12.4 Å². The van der Waals surface area contributed by atoms with E-state index in [1.165, 1.54) is 24.3 Å². The molecule has 2 aliphatic rings. The van der Waals surface area contributed by atoms with E-state index in [9.17, 15) is 26.3 Å². The van der Waals surface area contributed by atoms with Gasteiger partial charge in [-0.25, -0.2) is 0 Å². The number of aryl methyl sites for hydroxylation is 2. The summed E-state index contributed by atoms with van der Waals surface area (Å²) < 4.78 is 87.6. The Hall–Kier alpha value is -6.28. The fourth-order valence-electron chi connectivity index (χ4n) is 9.50. The Morgan fingerprint density at radius 3 is 0.917 bits per heavy atom. The monoisotopic (exact) mass is 808 g/mol. The molecule has 60 heavy (non-hydrogen) atoms. The van der Waals surface area contributed by atoms with Crippen molar-refractivity contribution in [3.05, 3.63) is 190 Å². The molecule has 0 spiro atoms. The first-order valence-electron chi connectivity index (χ1n) is 19.9. The molecule has 9 rings (SSSR count). The number of hydrogen-bond donors (Lipinski definition) is 0. The van der Waals surface area contributed by atoms with Crippen molar-refractivity contribution in [3.63, 3.8) is 0 Å². The number of hydrogen-bond acceptors (Lipinski definition) is 2. The Morgan fingerprint density at radius 2 is 0.633 bits per heavy atom. The summed E-state index contributed by atoms with van der Waals surface area (Å²) in [7, 11) is 0. The van der Waals surface area contributed by atoms with E-state index in [0.29, 0.717) is 44.8 Å². The van der Waals surface area contributed by atoms with E-state index < -0.39 is 34.3 Å². The second-order valence-corrected chi connectivity index (χ2v) is 16.9. The van der Waals surface area contributed by atoms with Gasteiger partial charge in [0.25, 0.3) is 0 Å². The third-order valence-electron chi connectivity index (χ3n) is 12.6. The van der Waals surface area contributed by atoms with Crippen molar-refractivity contribution in [1.29, 1.82) is 0 Å². The fourth-order valence-corrected chi connectivity index (χ4v) is 9.50. The number of para-hydroxylation sites is 4. The molecule has 7 aromatic carbocycles. The van der Waals surface area contributed by atoms with Gasteiger partial charge in [-0.05, 0) is 119 Å². The number of benzene rings is 7. The molecular weight excluding hydrogens is 767 g/mol. The minimum Gasteiger partial charge on any atom is -0.309 e. The van der Waals surface area contributed by atoms with Crippen molar-refractivity contribution in [2.75, 3.05) is 9.80 Å². The number of alkyl halides is 6. The summed E-state index contributed by atoms with van der Waals surface area (Å²) in [6.45, 7) is 12.2. The summed E-state index contributed by atoms with van der Waals surface area (Å²) in [6.07, 6.45) is -9.25. The molecule has 2 heterocycles. The summed E-state index contributed by atoms with van der Waals surface area (Å²) in [6, 6.07) is 43.1. The van der Waals surface area contributed by atoms with Crippen LogP contribution in [0.15, 0.2) is 146 Å². The largest absolute Gasteiger partial charge is 0.416 e. The molecule has 0 bridgehead atoms. The van der Waals surface area contributed by atoms with Gasteiger partial charge in [0, 0.05) is 22.0 Å². The van der Waals surface area contributed by atoms with Gasteiger partial charge in [-0.1, -0.05) is 113 Å². The highest BCUT2D eigenvalue weighted by Crippen LogP contribution is 2.56. The number of rotatable bonds is 4. The molecule has 0 atom stereocenters. The SMILES string of the molecule is Cc1cc(-c2cc(C(F)(F)F)ccc2N2c3ccccc3C(C)(C)c3ccccc32)c(C)cc1-c1cc(C(F)(F)F)ccc1N1c2ccccc2C(C)(C)c2ccccc21. The van der Waals surface area contributed by atoms with Crippen molar-refractivity contribution >= 4 is 34.1 Å². The quantitative estimate of drug-likeness (QED) is 0.163. The van der Waals surface area contributed by atoms with Crippen molar-refractivity contribution in [2.24, 2.45) is 0 Å². The highest BCUT2D eigenvalue weighted by molar-refractivity contribution is 5.97. The van der Waals surface area contributed by atoms with Crippen molar-refractivity contribution in [3.8, 4) is 22.3 Å². The van der Waals surface area contributed by atoms with E-state index in [4.69, 9.17) is 0 Å². The minimum absolute atomic E-state index is 0.353. The molecule has 302 valence electrons. The third-order valence-corrected chi connectivity index (χ3v) is 12.6. The second-order valence-electron chi connectivity index (χ2n) is 16.9. The van der Waals surface area contributed by atoms with Crippen molar-refractivity contribution < 1.29 is 26.3 Å². The first-order valence-corrected chi connectivity index (χ1v) is 19.9. The van der Waals surface area contributed by atoms with Crippen LogP contribution in [-0.2, 0) is 23.2 Å². The second kappa shape index (κ2) is 13.6. The highest BCUT2D eigenvalue weighted by Gasteiger charge is 2.40. The molecule has 2 aliphatic heterocycles. The van der Waals surface area contributed by atoms with Gasteiger partial charge in [0.05, 0.1) is 45.3 Å². The topological polar surface area (TPSA) is 6.48 Å². The first kappa shape index (κ1) is 39.2. The van der Waals surface area contributed by atoms with E-state index >= 15 is 0 Å². The normalized spacial score (nSPS) is 15.2. The maximum absolute atomic E-state index is 14.6. The maximum Gasteiger partial charge on any atom is 0.416 e. The van der Waals surface area contributed by atoms with Crippen LogP contribution in [0.2, 0.25) is 0 Å². The number of nitrogens with zero attached hydrogens (tertiary/aromatic N) is 2. The van der Waals surface area contributed by atoms with E-state index in [2.05, 4.69) is 52.0 Å². The molecule has 0 N–H and O–H groups in total. The molecule has 0 unspecified atom stereocenters. The molecule has 0 fully saturated rings. The van der Waals surface area contributed by atoms with E-state index in [-0.39, 0.29) is 0 Å². The lowest BCUT2D eigenvalue weighted by atomic mass is 9.73. The lowest BCUT2D eigenvalue weighted by molar-refractivity contribution is -0.138. The van der Waals surface area contributed by atoms with E-state index in [1.54, 1.807) is 0 Å². The molecule has 7 aromatic rings. The summed E-state index contributed by atoms with van der Waals surface area (Å²) >= 11 is 0. The summed E-state index contributed by atoms with van der Waals surface area (Å²) in [4.78, 5) is 4.07. The summed E-state index contributed by atoms with van der Waals surface area (Å²) in [5.41, 5.74) is 9.26. The van der Waals surface area contributed by atoms with Gasteiger partial charge < -0.3 is 9.80 Å². The molecule has 2 nitrogen and oxygen atoms in total. The molecule has 8 heteroatoms. The van der Waals surface area contributed by atoms with Gasteiger partial charge in [-0.15, -0.1) is 0 Å². The Bertz CT molecular complexity index is 2550. The first-order chi connectivity index (χ1) is 28.4. The Labute approximate surface area is 346 Å². The predicted octanol–water partition coefficient (Wildman–Crippen LogP) is 15.9. The smallest absolute Gasteiger partial charge is 0.309 e. The van der Waals surface area contributed by atoms with Crippen LogP contribution in [0.5, 0.6) is 0 Å². The van der Waals surface area contributed by atoms with Crippen LogP contribution < -0.4 is 9.80 Å².